The number of ether oxygens (including phenoxy) is 1. The molecule has 1 saturated carbocycles. The fourth-order valence-electron chi connectivity index (χ4n) is 2.01. The lowest BCUT2D eigenvalue weighted by molar-refractivity contribution is 0.176. The molecule has 2 rings (SSSR count). The van der Waals surface area contributed by atoms with E-state index in [-0.39, 0.29) is 0 Å². The van der Waals surface area contributed by atoms with Gasteiger partial charge in [0, 0.05) is 12.3 Å². The van der Waals surface area contributed by atoms with E-state index in [9.17, 15) is 0 Å². The number of nitrogens with two attached hydrogens (primary N) is 1. The molecular weight excluding hydrogens is 204 g/mol. The Bertz CT molecular complexity index is 324. The van der Waals surface area contributed by atoms with E-state index in [1.54, 1.807) is 12.3 Å². The Balaban J connectivity index is 1.96. The first-order chi connectivity index (χ1) is 7.88. The molecule has 0 unspecified atom stereocenters. The van der Waals surface area contributed by atoms with Gasteiger partial charge in [-0.25, -0.2) is 10.8 Å². The van der Waals surface area contributed by atoms with Crippen LogP contribution in [0.1, 0.15) is 38.5 Å². The number of anilines is 1. The number of hydrogen-bond acceptors (Lipinski definition) is 5. The molecule has 1 aliphatic rings. The zero-order valence-corrected chi connectivity index (χ0v) is 9.35. The molecule has 5 nitrogen and oxygen atoms in total. The van der Waals surface area contributed by atoms with Gasteiger partial charge in [0.15, 0.2) is 0 Å². The Morgan fingerprint density at radius 2 is 2.00 bits per heavy atom. The monoisotopic (exact) mass is 222 g/mol. The first kappa shape index (κ1) is 11.1. The van der Waals surface area contributed by atoms with Crippen molar-refractivity contribution in [2.75, 3.05) is 5.43 Å². The fourth-order valence-corrected chi connectivity index (χ4v) is 2.01. The first-order valence-electron chi connectivity index (χ1n) is 5.85. The van der Waals surface area contributed by atoms with E-state index in [1.165, 1.54) is 25.7 Å². The molecular formula is C11H18N4O. The molecule has 0 atom stereocenters. The molecule has 16 heavy (non-hydrogen) atoms. The third kappa shape index (κ3) is 3.06. The summed E-state index contributed by atoms with van der Waals surface area (Å²) in [4.78, 5) is 8.09. The van der Waals surface area contributed by atoms with Crippen molar-refractivity contribution in [2.45, 2.75) is 44.6 Å². The maximum atomic E-state index is 5.83. The molecule has 0 saturated heterocycles. The second-order valence-electron chi connectivity index (χ2n) is 4.09. The zero-order valence-electron chi connectivity index (χ0n) is 9.35. The van der Waals surface area contributed by atoms with E-state index in [2.05, 4.69) is 15.4 Å². The number of hydrazine groups is 1. The molecule has 1 fully saturated rings. The van der Waals surface area contributed by atoms with Crippen LogP contribution in [-0.2, 0) is 0 Å². The summed E-state index contributed by atoms with van der Waals surface area (Å²) in [6.07, 6.45) is 9.32. The highest BCUT2D eigenvalue weighted by Gasteiger charge is 2.14. The van der Waals surface area contributed by atoms with Gasteiger partial charge in [0.2, 0.25) is 11.8 Å². The van der Waals surface area contributed by atoms with Crippen LogP contribution in [0.4, 0.5) is 5.95 Å². The van der Waals surface area contributed by atoms with Crippen molar-refractivity contribution in [1.82, 2.24) is 9.97 Å². The highest BCUT2D eigenvalue weighted by atomic mass is 16.5. The van der Waals surface area contributed by atoms with Gasteiger partial charge in [-0.3, -0.25) is 5.43 Å². The number of hydrogen-bond donors (Lipinski definition) is 2. The molecule has 1 aliphatic carbocycles. The molecule has 3 N–H and O–H groups in total. The minimum Gasteiger partial charge on any atom is -0.474 e. The lowest BCUT2D eigenvalue weighted by atomic mass is 10.1. The molecule has 88 valence electrons. The van der Waals surface area contributed by atoms with Crippen LogP contribution in [0.2, 0.25) is 0 Å². The Kier molecular flexibility index (Phi) is 3.93. The average Bonchev–Trinajstić information content (AvgIpc) is 2.58. The van der Waals surface area contributed by atoms with Gasteiger partial charge >= 0.3 is 0 Å². The van der Waals surface area contributed by atoms with Crippen molar-refractivity contribution in [3.8, 4) is 5.88 Å². The van der Waals surface area contributed by atoms with Crippen LogP contribution < -0.4 is 16.0 Å². The third-order valence-electron chi connectivity index (χ3n) is 2.85. The number of nitrogen functional groups attached to an aromatic ring is 1. The molecule has 5 heteroatoms. The minimum atomic E-state index is 0.294. The van der Waals surface area contributed by atoms with Gasteiger partial charge in [0.1, 0.15) is 6.10 Å². The lowest BCUT2D eigenvalue weighted by Gasteiger charge is -2.16. The Hall–Kier alpha value is -1.36. The second-order valence-corrected chi connectivity index (χ2v) is 4.09. The Morgan fingerprint density at radius 3 is 2.69 bits per heavy atom. The summed E-state index contributed by atoms with van der Waals surface area (Å²) >= 11 is 0. The summed E-state index contributed by atoms with van der Waals surface area (Å²) in [6, 6.07) is 1.77. The van der Waals surface area contributed by atoms with Crippen LogP contribution in [0.3, 0.4) is 0 Å². The SMILES string of the molecule is NNc1nccc(OC2CCCCCC2)n1. The first-order valence-corrected chi connectivity index (χ1v) is 5.85. The largest absolute Gasteiger partial charge is 0.474 e. The molecule has 0 aromatic carbocycles. The van der Waals surface area contributed by atoms with Gasteiger partial charge < -0.3 is 4.74 Å². The molecule has 1 heterocycles. The predicted molar refractivity (Wildman–Crippen MR) is 62.0 cm³/mol. The van der Waals surface area contributed by atoms with Gasteiger partial charge in [-0.15, -0.1) is 0 Å². The van der Waals surface area contributed by atoms with E-state index < -0.39 is 0 Å². The maximum absolute atomic E-state index is 5.83. The summed E-state index contributed by atoms with van der Waals surface area (Å²) in [7, 11) is 0. The number of nitrogens with one attached hydrogen (secondary N) is 1. The second kappa shape index (κ2) is 5.65. The summed E-state index contributed by atoms with van der Waals surface area (Å²) < 4.78 is 5.83. The van der Waals surface area contributed by atoms with Gasteiger partial charge in [-0.2, -0.15) is 4.98 Å². The Labute approximate surface area is 95.4 Å². The summed E-state index contributed by atoms with van der Waals surface area (Å²) in [5.41, 5.74) is 2.41. The van der Waals surface area contributed by atoms with E-state index in [0.29, 0.717) is 17.9 Å². The van der Waals surface area contributed by atoms with E-state index in [1.807, 2.05) is 0 Å². The van der Waals surface area contributed by atoms with Gasteiger partial charge in [-0.05, 0) is 25.7 Å². The van der Waals surface area contributed by atoms with Crippen LogP contribution in [0.5, 0.6) is 5.88 Å². The smallest absolute Gasteiger partial charge is 0.240 e. The fraction of sp³-hybridized carbons (Fsp3) is 0.636. The molecule has 0 amide bonds. The van der Waals surface area contributed by atoms with E-state index in [0.717, 1.165) is 12.8 Å². The standard InChI is InChI=1S/C11H18N4O/c12-15-11-13-8-7-10(14-11)16-9-5-3-1-2-4-6-9/h7-9H,1-6,12H2,(H,13,14,15). The van der Waals surface area contributed by atoms with Gasteiger partial charge in [-0.1, -0.05) is 12.8 Å². The van der Waals surface area contributed by atoms with Crippen molar-refractivity contribution >= 4 is 5.95 Å². The molecule has 0 spiro atoms. The van der Waals surface area contributed by atoms with Crippen LogP contribution in [0, 0.1) is 0 Å². The third-order valence-corrected chi connectivity index (χ3v) is 2.85. The van der Waals surface area contributed by atoms with E-state index >= 15 is 0 Å². The van der Waals surface area contributed by atoms with Gasteiger partial charge in [0.05, 0.1) is 0 Å². The molecule has 0 radical (unpaired) electrons. The van der Waals surface area contributed by atoms with Crippen molar-refractivity contribution in [3.63, 3.8) is 0 Å². The van der Waals surface area contributed by atoms with Gasteiger partial charge in [0.25, 0.3) is 0 Å². The summed E-state index contributed by atoms with van der Waals surface area (Å²) in [5.74, 6) is 6.25. The topological polar surface area (TPSA) is 73.1 Å². The van der Waals surface area contributed by atoms with Crippen LogP contribution in [0.25, 0.3) is 0 Å². The molecule has 1 aromatic heterocycles. The Morgan fingerprint density at radius 1 is 1.25 bits per heavy atom. The van der Waals surface area contributed by atoms with Crippen molar-refractivity contribution in [1.29, 1.82) is 0 Å². The number of nitrogens with zero attached hydrogens (tertiary/aromatic N) is 2. The van der Waals surface area contributed by atoms with Crippen LogP contribution in [-0.4, -0.2) is 16.1 Å². The normalized spacial score (nSPS) is 17.8. The molecule has 0 bridgehead atoms. The highest BCUT2D eigenvalue weighted by Crippen LogP contribution is 2.21. The number of rotatable bonds is 3. The summed E-state index contributed by atoms with van der Waals surface area (Å²) in [5, 5.41) is 0. The van der Waals surface area contributed by atoms with Crippen LogP contribution >= 0.6 is 0 Å². The van der Waals surface area contributed by atoms with E-state index in [4.69, 9.17) is 10.6 Å². The maximum Gasteiger partial charge on any atom is 0.240 e. The predicted octanol–water partition coefficient (Wildman–Crippen LogP) is 1.86. The zero-order chi connectivity index (χ0) is 11.2. The summed E-state index contributed by atoms with van der Waals surface area (Å²) in [6.45, 7) is 0. The van der Waals surface area contributed by atoms with Crippen LogP contribution in [0.15, 0.2) is 12.3 Å². The quantitative estimate of drug-likeness (QED) is 0.464. The molecule has 0 aliphatic heterocycles. The van der Waals surface area contributed by atoms with Crippen molar-refractivity contribution in [3.05, 3.63) is 12.3 Å². The lowest BCUT2D eigenvalue weighted by Crippen LogP contribution is -2.17. The van der Waals surface area contributed by atoms with Crippen molar-refractivity contribution in [2.24, 2.45) is 5.84 Å². The molecule has 1 aromatic rings. The van der Waals surface area contributed by atoms with Crippen molar-refractivity contribution < 1.29 is 4.74 Å². The average molecular weight is 222 g/mol. The number of aromatic nitrogens is 2. The highest BCUT2D eigenvalue weighted by molar-refractivity contribution is 5.25. The minimum absolute atomic E-state index is 0.294.